The van der Waals surface area contributed by atoms with Crippen LogP contribution in [0.5, 0.6) is 0 Å². The molecule has 1 aromatic rings. The molecule has 0 spiro atoms. The summed E-state index contributed by atoms with van der Waals surface area (Å²) in [4.78, 5) is 2.36. The van der Waals surface area contributed by atoms with E-state index in [1.54, 1.807) is 0 Å². The van der Waals surface area contributed by atoms with Crippen LogP contribution in [0.2, 0.25) is 5.02 Å². The summed E-state index contributed by atoms with van der Waals surface area (Å²) in [5, 5.41) is 4.00. The molecule has 1 N–H and O–H groups in total. The molecule has 0 fully saturated rings. The fraction of sp³-hybridized carbons (Fsp3) is 0.600. The number of halogens is 1. The molecule has 0 radical (unpaired) electrons. The van der Waals surface area contributed by atoms with Crippen molar-refractivity contribution in [2.75, 3.05) is 25.0 Å². The van der Waals surface area contributed by atoms with E-state index in [1.807, 2.05) is 7.05 Å². The summed E-state index contributed by atoms with van der Waals surface area (Å²) in [5.41, 5.74) is 2.38. The maximum Gasteiger partial charge on any atom is 0.0642 e. The van der Waals surface area contributed by atoms with Gasteiger partial charge in [-0.05, 0) is 37.6 Å². The van der Waals surface area contributed by atoms with Crippen LogP contribution in [-0.4, -0.2) is 20.1 Å². The van der Waals surface area contributed by atoms with E-state index in [9.17, 15) is 0 Å². The highest BCUT2D eigenvalue weighted by atomic mass is 35.5. The first-order chi connectivity index (χ1) is 8.62. The van der Waals surface area contributed by atoms with Crippen LogP contribution >= 0.6 is 11.6 Å². The summed E-state index contributed by atoms with van der Waals surface area (Å²) < 4.78 is 0. The van der Waals surface area contributed by atoms with Gasteiger partial charge in [0.1, 0.15) is 0 Å². The average Bonchev–Trinajstić information content (AvgIpc) is 2.37. The van der Waals surface area contributed by atoms with Crippen LogP contribution in [-0.2, 0) is 6.54 Å². The lowest BCUT2D eigenvalue weighted by molar-refractivity contribution is 0.548. The molecule has 1 unspecified atom stereocenters. The molecule has 1 atom stereocenters. The maximum absolute atomic E-state index is 6.40. The highest BCUT2D eigenvalue weighted by molar-refractivity contribution is 6.33. The molecule has 102 valence electrons. The first kappa shape index (κ1) is 15.3. The van der Waals surface area contributed by atoms with Crippen molar-refractivity contribution in [1.29, 1.82) is 0 Å². The van der Waals surface area contributed by atoms with Crippen LogP contribution in [0.1, 0.15) is 32.8 Å². The highest BCUT2D eigenvalue weighted by Crippen LogP contribution is 2.27. The number of anilines is 1. The van der Waals surface area contributed by atoms with Crippen LogP contribution in [0.15, 0.2) is 18.2 Å². The minimum absolute atomic E-state index is 0.693. The Morgan fingerprint density at radius 2 is 2.06 bits per heavy atom. The van der Waals surface area contributed by atoms with Gasteiger partial charge in [0.15, 0.2) is 0 Å². The summed E-state index contributed by atoms with van der Waals surface area (Å²) in [6.07, 6.45) is 1.20. The minimum atomic E-state index is 0.693. The van der Waals surface area contributed by atoms with Crippen molar-refractivity contribution in [2.45, 2.75) is 33.7 Å². The molecule has 1 aromatic carbocycles. The Balaban J connectivity index is 2.85. The zero-order valence-electron chi connectivity index (χ0n) is 12.0. The average molecular weight is 269 g/mol. The number of hydrogen-bond acceptors (Lipinski definition) is 2. The van der Waals surface area contributed by atoms with Crippen molar-refractivity contribution in [3.63, 3.8) is 0 Å². The quantitative estimate of drug-likeness (QED) is 0.806. The second-order valence-electron chi connectivity index (χ2n) is 4.87. The van der Waals surface area contributed by atoms with Crippen molar-refractivity contribution < 1.29 is 0 Å². The van der Waals surface area contributed by atoms with Gasteiger partial charge in [-0.2, -0.15) is 0 Å². The topological polar surface area (TPSA) is 15.3 Å². The van der Waals surface area contributed by atoms with Crippen molar-refractivity contribution >= 4 is 17.3 Å². The predicted octanol–water partition coefficient (Wildman–Crippen LogP) is 3.93. The first-order valence-corrected chi connectivity index (χ1v) is 7.18. The molecule has 0 aliphatic carbocycles. The summed E-state index contributed by atoms with van der Waals surface area (Å²) >= 11 is 6.40. The van der Waals surface area contributed by atoms with Crippen LogP contribution in [0, 0.1) is 5.92 Å². The lowest BCUT2D eigenvalue weighted by Gasteiger charge is -2.27. The second kappa shape index (κ2) is 7.65. The number of benzene rings is 1. The predicted molar refractivity (Wildman–Crippen MR) is 81.6 cm³/mol. The van der Waals surface area contributed by atoms with E-state index in [1.165, 1.54) is 12.0 Å². The first-order valence-electron chi connectivity index (χ1n) is 6.80. The lowest BCUT2D eigenvalue weighted by atomic mass is 10.1. The van der Waals surface area contributed by atoms with E-state index < -0.39 is 0 Å². The molecule has 0 bridgehead atoms. The lowest BCUT2D eigenvalue weighted by Crippen LogP contribution is -2.28. The van der Waals surface area contributed by atoms with E-state index in [2.05, 4.69) is 49.2 Å². The van der Waals surface area contributed by atoms with Gasteiger partial charge in [-0.3, -0.25) is 0 Å². The Hall–Kier alpha value is -0.730. The molecule has 0 saturated carbocycles. The van der Waals surface area contributed by atoms with Gasteiger partial charge in [0.25, 0.3) is 0 Å². The molecule has 1 rings (SSSR count). The van der Waals surface area contributed by atoms with Crippen LogP contribution in [0.4, 0.5) is 5.69 Å². The Morgan fingerprint density at radius 3 is 2.56 bits per heavy atom. The minimum Gasteiger partial charge on any atom is -0.370 e. The Labute approximate surface area is 116 Å². The SMILES string of the molecule is CCC(C)CN(CC)c1ccc(CNC)cc1Cl. The van der Waals surface area contributed by atoms with Crippen LogP contribution in [0.3, 0.4) is 0 Å². The molecule has 0 aromatic heterocycles. The smallest absolute Gasteiger partial charge is 0.0642 e. The molecule has 0 saturated heterocycles. The normalized spacial score (nSPS) is 12.5. The third-order valence-electron chi connectivity index (χ3n) is 3.34. The van der Waals surface area contributed by atoms with E-state index in [-0.39, 0.29) is 0 Å². The van der Waals surface area contributed by atoms with Crippen LogP contribution < -0.4 is 10.2 Å². The highest BCUT2D eigenvalue weighted by Gasteiger charge is 2.11. The fourth-order valence-electron chi connectivity index (χ4n) is 2.02. The fourth-order valence-corrected chi connectivity index (χ4v) is 2.35. The molecule has 0 aliphatic rings. The van der Waals surface area contributed by atoms with Gasteiger partial charge < -0.3 is 10.2 Å². The number of hydrogen-bond donors (Lipinski definition) is 1. The zero-order valence-corrected chi connectivity index (χ0v) is 12.7. The maximum atomic E-state index is 6.40. The molecule has 18 heavy (non-hydrogen) atoms. The van der Waals surface area contributed by atoms with Crippen molar-refractivity contribution in [2.24, 2.45) is 5.92 Å². The molecular weight excluding hydrogens is 244 g/mol. The molecule has 3 heteroatoms. The van der Waals surface area contributed by atoms with Crippen molar-refractivity contribution in [1.82, 2.24) is 5.32 Å². The van der Waals surface area contributed by atoms with Gasteiger partial charge in [-0.15, -0.1) is 0 Å². The number of nitrogens with one attached hydrogen (secondary N) is 1. The molecule has 0 heterocycles. The standard InChI is InChI=1S/C15H25ClN2/c1-5-12(3)11-18(6-2)15-8-7-13(10-17-4)9-14(15)16/h7-9,12,17H,5-6,10-11H2,1-4H3. The zero-order chi connectivity index (χ0) is 13.5. The second-order valence-corrected chi connectivity index (χ2v) is 5.28. The summed E-state index contributed by atoms with van der Waals surface area (Å²) in [5.74, 6) is 0.693. The number of rotatable bonds is 7. The van der Waals surface area contributed by atoms with Crippen LogP contribution in [0.25, 0.3) is 0 Å². The Kier molecular flexibility index (Phi) is 6.51. The molecular formula is C15H25ClN2. The Bertz CT molecular complexity index is 366. The van der Waals surface area contributed by atoms with Crippen molar-refractivity contribution in [3.05, 3.63) is 28.8 Å². The van der Waals surface area contributed by atoms with Gasteiger partial charge in [0, 0.05) is 19.6 Å². The van der Waals surface area contributed by atoms with E-state index in [0.717, 1.165) is 30.3 Å². The monoisotopic (exact) mass is 268 g/mol. The summed E-state index contributed by atoms with van der Waals surface area (Å²) in [6, 6.07) is 6.35. The summed E-state index contributed by atoms with van der Waals surface area (Å²) in [7, 11) is 1.95. The van der Waals surface area contributed by atoms with Gasteiger partial charge in [-0.25, -0.2) is 0 Å². The third kappa shape index (κ3) is 4.18. The van der Waals surface area contributed by atoms with Gasteiger partial charge in [0.05, 0.1) is 10.7 Å². The molecule has 0 aliphatic heterocycles. The molecule has 0 amide bonds. The molecule has 2 nitrogen and oxygen atoms in total. The third-order valence-corrected chi connectivity index (χ3v) is 3.65. The summed E-state index contributed by atoms with van der Waals surface area (Å²) in [6.45, 7) is 9.62. The Morgan fingerprint density at radius 1 is 1.33 bits per heavy atom. The largest absolute Gasteiger partial charge is 0.370 e. The van der Waals surface area contributed by atoms with Gasteiger partial charge in [0.2, 0.25) is 0 Å². The van der Waals surface area contributed by atoms with Crippen molar-refractivity contribution in [3.8, 4) is 0 Å². The van der Waals surface area contributed by atoms with Gasteiger partial charge >= 0.3 is 0 Å². The van der Waals surface area contributed by atoms with Gasteiger partial charge in [-0.1, -0.05) is 37.9 Å². The van der Waals surface area contributed by atoms with E-state index in [4.69, 9.17) is 11.6 Å². The van der Waals surface area contributed by atoms with E-state index in [0.29, 0.717) is 5.92 Å². The van der Waals surface area contributed by atoms with E-state index >= 15 is 0 Å². The number of nitrogens with zero attached hydrogens (tertiary/aromatic N) is 1.